The Morgan fingerprint density at radius 2 is 1.95 bits per heavy atom. The molecule has 0 saturated carbocycles. The van der Waals surface area contributed by atoms with Crippen molar-refractivity contribution < 1.29 is 9.53 Å². The number of ether oxygens (including phenoxy) is 1. The summed E-state index contributed by atoms with van der Waals surface area (Å²) in [6.45, 7) is 6.43. The zero-order valence-electron chi connectivity index (χ0n) is 13.0. The molecule has 1 aromatic rings. The number of rotatable bonds is 2. The summed E-state index contributed by atoms with van der Waals surface area (Å²) in [5, 5.41) is 3.31. The molecular formula is C17H22N2O2. The van der Waals surface area contributed by atoms with Gasteiger partial charge in [-0.1, -0.05) is 6.07 Å². The fourth-order valence-electron chi connectivity index (χ4n) is 2.73. The molecule has 1 aliphatic carbocycles. The highest BCUT2D eigenvalue weighted by Crippen LogP contribution is 2.30. The first kappa shape index (κ1) is 14.1. The van der Waals surface area contributed by atoms with Crippen LogP contribution >= 0.6 is 0 Å². The molecule has 0 radical (unpaired) electrons. The van der Waals surface area contributed by atoms with E-state index in [0.29, 0.717) is 6.54 Å². The van der Waals surface area contributed by atoms with Crippen LogP contribution in [0.1, 0.15) is 43.9 Å². The quantitative estimate of drug-likeness (QED) is 0.850. The molecule has 0 spiro atoms. The van der Waals surface area contributed by atoms with Crippen molar-refractivity contribution in [3.8, 4) is 0 Å². The Labute approximate surface area is 125 Å². The minimum atomic E-state index is -0.478. The lowest BCUT2D eigenvalue weighted by molar-refractivity contribution is -0.151. The molecule has 4 nitrogen and oxygen atoms in total. The molecule has 2 aliphatic rings. The fourth-order valence-corrected chi connectivity index (χ4v) is 2.73. The van der Waals surface area contributed by atoms with Crippen LogP contribution in [0.4, 0.5) is 5.69 Å². The van der Waals surface area contributed by atoms with E-state index < -0.39 is 5.41 Å². The summed E-state index contributed by atoms with van der Waals surface area (Å²) in [7, 11) is 0. The Kier molecular flexibility index (Phi) is 3.47. The van der Waals surface area contributed by atoms with Crippen molar-refractivity contribution in [2.45, 2.75) is 46.6 Å². The summed E-state index contributed by atoms with van der Waals surface area (Å²) in [5.74, 6) is 0.532. The third-order valence-electron chi connectivity index (χ3n) is 3.99. The highest BCUT2D eigenvalue weighted by atomic mass is 16.5. The molecule has 0 aromatic heterocycles. The Morgan fingerprint density at radius 3 is 2.67 bits per heavy atom. The number of amidine groups is 1. The number of nitrogens with one attached hydrogen (secondary N) is 1. The number of esters is 1. The lowest BCUT2D eigenvalue weighted by Crippen LogP contribution is -2.29. The number of hydrogen-bond acceptors (Lipinski definition) is 4. The molecule has 0 bridgehead atoms. The standard InChI is InChI=1S/C17H22N2O2/c1-17(2,3)16(20)21-10-15-18-9-13-7-11-5-4-6-12(11)8-14(13)19-15/h7-8H,4-6,9-10H2,1-3H3,(H,18,19). The third kappa shape index (κ3) is 2.94. The van der Waals surface area contributed by atoms with E-state index >= 15 is 0 Å². The van der Waals surface area contributed by atoms with Gasteiger partial charge in [0.1, 0.15) is 12.4 Å². The molecule has 112 valence electrons. The molecule has 1 heterocycles. The summed E-state index contributed by atoms with van der Waals surface area (Å²) >= 11 is 0. The smallest absolute Gasteiger partial charge is 0.311 e. The Morgan fingerprint density at radius 1 is 1.24 bits per heavy atom. The lowest BCUT2D eigenvalue weighted by atomic mass is 9.97. The Bertz CT molecular complexity index is 612. The highest BCUT2D eigenvalue weighted by molar-refractivity contribution is 5.99. The maximum absolute atomic E-state index is 11.8. The van der Waals surface area contributed by atoms with Crippen LogP contribution in [0.15, 0.2) is 17.1 Å². The van der Waals surface area contributed by atoms with Crippen molar-refractivity contribution in [3.63, 3.8) is 0 Å². The largest absolute Gasteiger partial charge is 0.457 e. The van der Waals surface area contributed by atoms with Crippen LogP contribution in [0.25, 0.3) is 0 Å². The van der Waals surface area contributed by atoms with Crippen molar-refractivity contribution in [1.82, 2.24) is 0 Å². The number of nitrogens with zero attached hydrogens (tertiary/aromatic N) is 1. The second-order valence-electron chi connectivity index (χ2n) is 6.85. The fraction of sp³-hybridized carbons (Fsp3) is 0.529. The van der Waals surface area contributed by atoms with E-state index in [1.807, 2.05) is 20.8 Å². The minimum absolute atomic E-state index is 0.202. The zero-order valence-corrected chi connectivity index (χ0v) is 13.0. The average Bonchev–Trinajstić information content (AvgIpc) is 2.88. The number of carbonyl (C=O) groups excluding carboxylic acids is 1. The van der Waals surface area contributed by atoms with Gasteiger partial charge in [-0.2, -0.15) is 0 Å². The van der Waals surface area contributed by atoms with Crippen LogP contribution in [0.2, 0.25) is 0 Å². The number of aliphatic imine (C=N–C) groups is 1. The van der Waals surface area contributed by atoms with Crippen LogP contribution < -0.4 is 5.32 Å². The maximum atomic E-state index is 11.8. The van der Waals surface area contributed by atoms with Gasteiger partial charge in [-0.15, -0.1) is 0 Å². The second-order valence-corrected chi connectivity index (χ2v) is 6.85. The zero-order chi connectivity index (χ0) is 15.0. The van der Waals surface area contributed by atoms with Crippen molar-refractivity contribution in [3.05, 3.63) is 28.8 Å². The Hall–Kier alpha value is -1.84. The van der Waals surface area contributed by atoms with E-state index in [1.54, 1.807) is 0 Å². The predicted octanol–water partition coefficient (Wildman–Crippen LogP) is 3.09. The highest BCUT2D eigenvalue weighted by Gasteiger charge is 2.24. The normalized spacial score (nSPS) is 16.6. The third-order valence-corrected chi connectivity index (χ3v) is 3.99. The van der Waals surface area contributed by atoms with Crippen LogP contribution in [0, 0.1) is 5.41 Å². The molecule has 3 rings (SSSR count). The first-order chi connectivity index (χ1) is 9.93. The van der Waals surface area contributed by atoms with E-state index in [-0.39, 0.29) is 12.6 Å². The topological polar surface area (TPSA) is 50.7 Å². The van der Waals surface area contributed by atoms with E-state index in [9.17, 15) is 4.79 Å². The summed E-state index contributed by atoms with van der Waals surface area (Å²) in [5.41, 5.74) is 4.78. The van der Waals surface area contributed by atoms with Gasteiger partial charge in [-0.25, -0.2) is 0 Å². The van der Waals surface area contributed by atoms with Crippen LogP contribution in [0.3, 0.4) is 0 Å². The summed E-state index contributed by atoms with van der Waals surface area (Å²) < 4.78 is 5.32. The van der Waals surface area contributed by atoms with Gasteiger partial charge in [-0.3, -0.25) is 9.79 Å². The summed E-state index contributed by atoms with van der Waals surface area (Å²) in [6, 6.07) is 4.50. The molecule has 0 amide bonds. The number of aryl methyl sites for hydroxylation is 2. The monoisotopic (exact) mass is 286 g/mol. The average molecular weight is 286 g/mol. The molecule has 21 heavy (non-hydrogen) atoms. The SMILES string of the molecule is CC(C)(C)C(=O)OCC1=NCc2cc3c(cc2N1)CCC3. The van der Waals surface area contributed by atoms with Crippen LogP contribution in [0.5, 0.6) is 0 Å². The van der Waals surface area contributed by atoms with Gasteiger partial charge < -0.3 is 10.1 Å². The predicted molar refractivity (Wildman–Crippen MR) is 83.6 cm³/mol. The molecule has 0 unspecified atom stereocenters. The number of carbonyl (C=O) groups is 1. The van der Waals surface area contributed by atoms with Crippen molar-refractivity contribution in [1.29, 1.82) is 0 Å². The molecule has 1 N–H and O–H groups in total. The van der Waals surface area contributed by atoms with Crippen LogP contribution in [-0.2, 0) is 28.9 Å². The number of hydrogen-bond donors (Lipinski definition) is 1. The molecule has 1 aliphatic heterocycles. The molecule has 4 heteroatoms. The summed E-state index contributed by atoms with van der Waals surface area (Å²) in [4.78, 5) is 16.3. The second kappa shape index (κ2) is 5.17. The van der Waals surface area contributed by atoms with Gasteiger partial charge in [0.05, 0.1) is 12.0 Å². The van der Waals surface area contributed by atoms with Gasteiger partial charge in [0.25, 0.3) is 0 Å². The number of benzene rings is 1. The molecule has 0 saturated heterocycles. The van der Waals surface area contributed by atoms with Gasteiger partial charge in [-0.05, 0) is 62.8 Å². The first-order valence-electron chi connectivity index (χ1n) is 7.56. The van der Waals surface area contributed by atoms with Crippen molar-refractivity contribution >= 4 is 17.5 Å². The number of fused-ring (bicyclic) bond motifs is 2. The van der Waals surface area contributed by atoms with Crippen molar-refractivity contribution in [2.24, 2.45) is 10.4 Å². The van der Waals surface area contributed by atoms with E-state index in [4.69, 9.17) is 4.74 Å². The molecule has 0 fully saturated rings. The van der Waals surface area contributed by atoms with Crippen molar-refractivity contribution in [2.75, 3.05) is 11.9 Å². The van der Waals surface area contributed by atoms with Gasteiger partial charge in [0.2, 0.25) is 0 Å². The molecule has 1 aromatic carbocycles. The Balaban J connectivity index is 1.67. The van der Waals surface area contributed by atoms with Crippen LogP contribution in [-0.4, -0.2) is 18.4 Å². The number of anilines is 1. The maximum Gasteiger partial charge on any atom is 0.311 e. The summed E-state index contributed by atoms with van der Waals surface area (Å²) in [6.07, 6.45) is 3.59. The van der Waals surface area contributed by atoms with Gasteiger partial charge in [0.15, 0.2) is 0 Å². The molecular weight excluding hydrogens is 264 g/mol. The minimum Gasteiger partial charge on any atom is -0.457 e. The van der Waals surface area contributed by atoms with Gasteiger partial charge in [0, 0.05) is 5.69 Å². The molecule has 0 atom stereocenters. The van der Waals surface area contributed by atoms with E-state index in [2.05, 4.69) is 22.4 Å². The first-order valence-corrected chi connectivity index (χ1v) is 7.56. The van der Waals surface area contributed by atoms with E-state index in [1.165, 1.54) is 29.5 Å². The van der Waals surface area contributed by atoms with E-state index in [0.717, 1.165) is 17.9 Å². The lowest BCUT2D eigenvalue weighted by Gasteiger charge is -2.21. The van der Waals surface area contributed by atoms with Gasteiger partial charge >= 0.3 is 5.97 Å².